The fourth-order valence-electron chi connectivity index (χ4n) is 3.39. The molecule has 150 valence electrons. The van der Waals surface area contributed by atoms with Crippen LogP contribution in [0.4, 0.5) is 5.69 Å². The number of para-hydroxylation sites is 1. The molecule has 0 fully saturated rings. The molecule has 0 aliphatic carbocycles. The van der Waals surface area contributed by atoms with Gasteiger partial charge < -0.3 is 4.74 Å². The van der Waals surface area contributed by atoms with Crippen LogP contribution in [0.5, 0.6) is 5.75 Å². The third-order valence-electron chi connectivity index (χ3n) is 4.75. The van der Waals surface area contributed by atoms with Gasteiger partial charge in [0, 0.05) is 10.5 Å². The molecule has 5 heteroatoms. The number of thiol groups is 1. The van der Waals surface area contributed by atoms with Gasteiger partial charge in [0.1, 0.15) is 5.75 Å². The lowest BCUT2D eigenvalue weighted by Gasteiger charge is -2.22. The average Bonchev–Trinajstić information content (AvgIpc) is 3.07. The van der Waals surface area contributed by atoms with Crippen molar-refractivity contribution in [2.75, 3.05) is 11.5 Å². The lowest BCUT2D eigenvalue weighted by atomic mass is 10.1. The Morgan fingerprint density at radius 3 is 2.47 bits per heavy atom. The fourth-order valence-corrected chi connectivity index (χ4v) is 4.16. The first-order chi connectivity index (χ1) is 14.6. The van der Waals surface area contributed by atoms with E-state index in [9.17, 15) is 4.79 Å². The van der Waals surface area contributed by atoms with Crippen molar-refractivity contribution in [3.05, 3.63) is 100 Å². The molecule has 0 radical (unpaired) electrons. The third kappa shape index (κ3) is 4.09. The monoisotopic (exact) mass is 477 g/mol. The van der Waals surface area contributed by atoms with Crippen molar-refractivity contribution in [1.82, 2.24) is 0 Å². The Kier molecular flexibility index (Phi) is 6.11. The van der Waals surface area contributed by atoms with Gasteiger partial charge in [-0.1, -0.05) is 48.5 Å². The second kappa shape index (κ2) is 8.94. The summed E-state index contributed by atoms with van der Waals surface area (Å²) in [5, 5.41) is 0. The number of rotatable bonds is 5. The Morgan fingerprint density at radius 2 is 1.77 bits per heavy atom. The molecule has 3 aromatic carbocycles. The number of nitrogens with zero attached hydrogens (tertiary/aromatic N) is 1. The molecule has 0 saturated heterocycles. The predicted molar refractivity (Wildman–Crippen MR) is 129 cm³/mol. The zero-order chi connectivity index (χ0) is 21.1. The summed E-state index contributed by atoms with van der Waals surface area (Å²) in [6.45, 7) is 2.54. The third-order valence-corrected chi connectivity index (χ3v) is 5.75. The zero-order valence-electron chi connectivity index (χ0n) is 16.4. The van der Waals surface area contributed by atoms with Gasteiger partial charge in [0.05, 0.1) is 22.5 Å². The summed E-state index contributed by atoms with van der Waals surface area (Å²) >= 11 is 8.12. The van der Waals surface area contributed by atoms with Crippen molar-refractivity contribution in [1.29, 1.82) is 0 Å². The number of ether oxygens (including phenoxy) is 1. The molecular formula is C25H20BrNO2S. The molecule has 1 heterocycles. The number of carbonyl (C=O) groups is 1. The first-order valence-corrected chi connectivity index (χ1v) is 10.9. The summed E-state index contributed by atoms with van der Waals surface area (Å²) in [4.78, 5) is 15.9. The minimum absolute atomic E-state index is 0.0830. The average molecular weight is 478 g/mol. The summed E-state index contributed by atoms with van der Waals surface area (Å²) in [5.41, 5.74) is 4.09. The maximum absolute atomic E-state index is 13.4. The normalized spacial score (nSPS) is 14.9. The van der Waals surface area contributed by atoms with Crippen LogP contribution >= 0.6 is 28.6 Å². The van der Waals surface area contributed by atoms with Crippen LogP contribution in [-0.2, 0) is 4.79 Å². The zero-order valence-corrected chi connectivity index (χ0v) is 18.9. The van der Waals surface area contributed by atoms with E-state index in [0.717, 1.165) is 37.6 Å². The molecule has 0 N–H and O–H groups in total. The highest BCUT2D eigenvalue weighted by atomic mass is 79.9. The summed E-state index contributed by atoms with van der Waals surface area (Å²) in [6.07, 6.45) is 3.83. The fraction of sp³-hybridized carbons (Fsp3) is 0.0800. The van der Waals surface area contributed by atoms with Gasteiger partial charge in [0.25, 0.3) is 5.91 Å². The van der Waals surface area contributed by atoms with Crippen molar-refractivity contribution in [2.45, 2.75) is 11.8 Å². The van der Waals surface area contributed by atoms with Gasteiger partial charge in [-0.15, -0.1) is 12.6 Å². The summed E-state index contributed by atoms with van der Waals surface area (Å²) in [6, 6.07) is 23.3. The summed E-state index contributed by atoms with van der Waals surface area (Å²) < 4.78 is 6.44. The number of benzene rings is 3. The first kappa shape index (κ1) is 20.5. The topological polar surface area (TPSA) is 29.5 Å². The van der Waals surface area contributed by atoms with Crippen LogP contribution in [0.3, 0.4) is 0 Å². The highest BCUT2D eigenvalue weighted by molar-refractivity contribution is 9.10. The molecule has 0 spiro atoms. The Hall–Kier alpha value is -2.76. The number of hydrogen-bond donors (Lipinski definition) is 1. The smallest absolute Gasteiger partial charge is 0.262 e. The number of anilines is 1. The second-order valence-electron chi connectivity index (χ2n) is 6.75. The van der Waals surface area contributed by atoms with Crippen molar-refractivity contribution in [3.63, 3.8) is 0 Å². The number of hydrogen-bond acceptors (Lipinski definition) is 3. The molecule has 1 aliphatic heterocycles. The molecule has 1 amide bonds. The van der Waals surface area contributed by atoms with Crippen molar-refractivity contribution in [3.8, 4) is 5.75 Å². The molecule has 30 heavy (non-hydrogen) atoms. The molecule has 0 saturated carbocycles. The molecule has 0 unspecified atom stereocenters. The van der Waals surface area contributed by atoms with Gasteiger partial charge in [0.2, 0.25) is 0 Å². The summed E-state index contributed by atoms with van der Waals surface area (Å²) in [5.74, 6) is 0.698. The van der Waals surface area contributed by atoms with E-state index in [1.165, 1.54) is 0 Å². The van der Waals surface area contributed by atoms with E-state index in [1.807, 2.05) is 91.9 Å². The molecular weight excluding hydrogens is 458 g/mol. The van der Waals surface area contributed by atoms with Crippen molar-refractivity contribution < 1.29 is 9.53 Å². The van der Waals surface area contributed by atoms with Crippen LogP contribution in [0.15, 0.2) is 93.8 Å². The van der Waals surface area contributed by atoms with Crippen LogP contribution in [0.2, 0.25) is 0 Å². The van der Waals surface area contributed by atoms with Crippen LogP contribution in [0.25, 0.3) is 11.8 Å². The number of halogens is 1. The number of carbonyl (C=O) groups excluding carboxylic acids is 1. The highest BCUT2D eigenvalue weighted by Gasteiger charge is 2.31. The van der Waals surface area contributed by atoms with E-state index in [1.54, 1.807) is 4.90 Å². The molecule has 0 bridgehead atoms. The second-order valence-corrected chi connectivity index (χ2v) is 8.08. The van der Waals surface area contributed by atoms with E-state index in [0.29, 0.717) is 12.2 Å². The van der Waals surface area contributed by atoms with Gasteiger partial charge in [-0.3, -0.25) is 9.69 Å². The molecule has 0 atom stereocenters. The minimum atomic E-state index is -0.0830. The van der Waals surface area contributed by atoms with Crippen LogP contribution < -0.4 is 9.64 Å². The molecule has 0 aromatic heterocycles. The number of amides is 1. The maximum Gasteiger partial charge on any atom is 0.262 e. The highest BCUT2D eigenvalue weighted by Crippen LogP contribution is 2.38. The lowest BCUT2D eigenvalue weighted by Crippen LogP contribution is -2.25. The van der Waals surface area contributed by atoms with Gasteiger partial charge >= 0.3 is 0 Å². The van der Waals surface area contributed by atoms with Crippen LogP contribution in [0, 0.1) is 0 Å². The molecule has 3 aromatic rings. The SMILES string of the molecule is CCOc1ccc(/C=C2\C=C(c3ccccc3)N(c3ccccc3S)C2=O)cc1Br. The molecule has 1 aliphatic rings. The molecule has 4 rings (SSSR count). The van der Waals surface area contributed by atoms with Gasteiger partial charge in [-0.2, -0.15) is 0 Å². The molecule has 3 nitrogen and oxygen atoms in total. The maximum atomic E-state index is 13.4. The quantitative estimate of drug-likeness (QED) is 0.331. The Bertz CT molecular complexity index is 1150. The van der Waals surface area contributed by atoms with E-state index in [-0.39, 0.29) is 5.91 Å². The first-order valence-electron chi connectivity index (χ1n) is 9.62. The van der Waals surface area contributed by atoms with Crippen LogP contribution in [0.1, 0.15) is 18.1 Å². The predicted octanol–water partition coefficient (Wildman–Crippen LogP) is 6.61. The lowest BCUT2D eigenvalue weighted by molar-refractivity contribution is -0.113. The largest absolute Gasteiger partial charge is 0.493 e. The van der Waals surface area contributed by atoms with Gasteiger partial charge in [0.15, 0.2) is 0 Å². The van der Waals surface area contributed by atoms with Crippen molar-refractivity contribution >= 4 is 51.9 Å². The Balaban J connectivity index is 1.79. The van der Waals surface area contributed by atoms with Crippen LogP contribution in [-0.4, -0.2) is 12.5 Å². The van der Waals surface area contributed by atoms with Gasteiger partial charge in [-0.25, -0.2) is 0 Å². The van der Waals surface area contributed by atoms with Crippen molar-refractivity contribution in [2.24, 2.45) is 0 Å². The van der Waals surface area contributed by atoms with Gasteiger partial charge in [-0.05, 0) is 70.4 Å². The minimum Gasteiger partial charge on any atom is -0.493 e. The summed E-state index contributed by atoms with van der Waals surface area (Å²) in [7, 11) is 0. The standard InChI is InChI=1S/C25H20BrNO2S/c1-2-29-23-13-12-17(15-20(23)26)14-19-16-22(18-8-4-3-5-9-18)27(25(19)28)21-10-6-7-11-24(21)30/h3-16,30H,2H2,1H3/b19-14+. The van der Waals surface area contributed by atoms with E-state index in [2.05, 4.69) is 28.6 Å². The van der Waals surface area contributed by atoms with E-state index >= 15 is 0 Å². The van der Waals surface area contributed by atoms with E-state index in [4.69, 9.17) is 4.74 Å². The Morgan fingerprint density at radius 1 is 1.03 bits per heavy atom. The van der Waals surface area contributed by atoms with E-state index < -0.39 is 0 Å². The Labute approximate surface area is 190 Å².